The van der Waals surface area contributed by atoms with Gasteiger partial charge in [-0.15, -0.1) is 0 Å². The minimum Gasteiger partial charge on any atom is -0.481 e. The molecule has 0 saturated heterocycles. The first-order valence-electron chi connectivity index (χ1n) is 7.38. The number of hydrogen-bond acceptors (Lipinski definition) is 3. The lowest BCUT2D eigenvalue weighted by molar-refractivity contribution is -0.127. The molecule has 0 bridgehead atoms. The number of amides is 1. The highest BCUT2D eigenvalue weighted by molar-refractivity contribution is 5.80. The van der Waals surface area contributed by atoms with Crippen LogP contribution in [0.2, 0.25) is 0 Å². The molecule has 0 radical (unpaired) electrons. The van der Waals surface area contributed by atoms with E-state index >= 15 is 0 Å². The van der Waals surface area contributed by atoms with Crippen LogP contribution >= 0.6 is 0 Å². The summed E-state index contributed by atoms with van der Waals surface area (Å²) in [5.41, 5.74) is 4.37. The van der Waals surface area contributed by atoms with Crippen LogP contribution in [-0.4, -0.2) is 17.0 Å². The van der Waals surface area contributed by atoms with Crippen molar-refractivity contribution in [1.29, 1.82) is 0 Å². The van der Waals surface area contributed by atoms with Crippen molar-refractivity contribution < 1.29 is 9.53 Å². The second-order valence-corrected chi connectivity index (χ2v) is 5.54. The highest BCUT2D eigenvalue weighted by atomic mass is 16.5. The van der Waals surface area contributed by atoms with E-state index in [0.717, 1.165) is 22.4 Å². The lowest BCUT2D eigenvalue weighted by atomic mass is 10.1. The van der Waals surface area contributed by atoms with Crippen molar-refractivity contribution in [1.82, 2.24) is 10.3 Å². The fourth-order valence-corrected chi connectivity index (χ4v) is 2.20. The third-order valence-electron chi connectivity index (χ3n) is 3.65. The number of benzene rings is 1. The molecular weight excluding hydrogens is 276 g/mol. The SMILES string of the molecule is Cc1cc(C)c(C)c(OC(C)C(=O)NCc2ccncc2)c1. The summed E-state index contributed by atoms with van der Waals surface area (Å²) in [7, 11) is 0. The Balaban J connectivity index is 1.97. The summed E-state index contributed by atoms with van der Waals surface area (Å²) in [5, 5.41) is 2.88. The molecule has 0 fully saturated rings. The Labute approximate surface area is 131 Å². The fourth-order valence-electron chi connectivity index (χ4n) is 2.20. The van der Waals surface area contributed by atoms with Crippen molar-refractivity contribution in [3.05, 3.63) is 58.9 Å². The molecule has 0 aliphatic carbocycles. The number of rotatable bonds is 5. The molecule has 4 heteroatoms. The van der Waals surface area contributed by atoms with Gasteiger partial charge in [0.15, 0.2) is 6.10 Å². The normalized spacial score (nSPS) is 11.8. The zero-order valence-corrected chi connectivity index (χ0v) is 13.5. The Bertz CT molecular complexity index is 654. The molecule has 0 saturated carbocycles. The monoisotopic (exact) mass is 298 g/mol. The highest BCUT2D eigenvalue weighted by Crippen LogP contribution is 2.24. The third-order valence-corrected chi connectivity index (χ3v) is 3.65. The third kappa shape index (κ3) is 4.07. The molecule has 0 spiro atoms. The van der Waals surface area contributed by atoms with Crippen molar-refractivity contribution in [3.63, 3.8) is 0 Å². The van der Waals surface area contributed by atoms with Gasteiger partial charge in [-0.1, -0.05) is 6.07 Å². The van der Waals surface area contributed by atoms with Gasteiger partial charge >= 0.3 is 0 Å². The predicted molar refractivity (Wildman–Crippen MR) is 86.8 cm³/mol. The molecule has 22 heavy (non-hydrogen) atoms. The summed E-state index contributed by atoms with van der Waals surface area (Å²) in [6.07, 6.45) is 2.88. The quantitative estimate of drug-likeness (QED) is 0.923. The molecule has 1 unspecified atom stereocenters. The van der Waals surface area contributed by atoms with E-state index in [0.29, 0.717) is 6.54 Å². The van der Waals surface area contributed by atoms with Gasteiger partial charge in [0.05, 0.1) is 0 Å². The van der Waals surface area contributed by atoms with Crippen LogP contribution < -0.4 is 10.1 Å². The summed E-state index contributed by atoms with van der Waals surface area (Å²) in [6, 6.07) is 7.82. The fraction of sp³-hybridized carbons (Fsp3) is 0.333. The van der Waals surface area contributed by atoms with Crippen molar-refractivity contribution in [2.75, 3.05) is 0 Å². The average Bonchev–Trinajstić information content (AvgIpc) is 2.50. The summed E-state index contributed by atoms with van der Waals surface area (Å²) in [6.45, 7) is 8.31. The first-order valence-corrected chi connectivity index (χ1v) is 7.38. The van der Waals surface area contributed by atoms with Crippen LogP contribution in [-0.2, 0) is 11.3 Å². The summed E-state index contributed by atoms with van der Waals surface area (Å²) >= 11 is 0. The van der Waals surface area contributed by atoms with Crippen molar-refractivity contribution in [2.24, 2.45) is 0 Å². The molecule has 0 aliphatic heterocycles. The Kier molecular flexibility index (Phi) is 5.15. The van der Waals surface area contributed by atoms with E-state index in [2.05, 4.69) is 16.4 Å². The number of hydrogen-bond donors (Lipinski definition) is 1. The zero-order valence-electron chi connectivity index (χ0n) is 13.5. The average molecular weight is 298 g/mol. The first-order chi connectivity index (χ1) is 10.5. The molecule has 116 valence electrons. The molecule has 1 atom stereocenters. The van der Waals surface area contributed by atoms with Gasteiger partial charge in [0.2, 0.25) is 0 Å². The molecule has 1 heterocycles. The summed E-state index contributed by atoms with van der Waals surface area (Å²) in [4.78, 5) is 16.1. The number of aryl methyl sites for hydroxylation is 2. The molecule has 2 rings (SSSR count). The molecule has 1 N–H and O–H groups in total. The number of ether oxygens (including phenoxy) is 1. The van der Waals surface area contributed by atoms with Crippen LogP contribution in [0.25, 0.3) is 0 Å². The standard InChI is InChI=1S/C18H22N2O2/c1-12-9-13(2)14(3)17(10-12)22-15(4)18(21)20-11-16-5-7-19-8-6-16/h5-10,15H,11H2,1-4H3,(H,20,21). The second kappa shape index (κ2) is 7.07. The van der Waals surface area contributed by atoms with Crippen LogP contribution in [0.4, 0.5) is 0 Å². The topological polar surface area (TPSA) is 51.2 Å². The summed E-state index contributed by atoms with van der Waals surface area (Å²) < 4.78 is 5.83. The molecule has 4 nitrogen and oxygen atoms in total. The Hall–Kier alpha value is -2.36. The van der Waals surface area contributed by atoms with Gasteiger partial charge in [-0.25, -0.2) is 0 Å². The molecule has 1 aromatic heterocycles. The van der Waals surface area contributed by atoms with Gasteiger partial charge in [-0.3, -0.25) is 9.78 Å². The Morgan fingerprint density at radius 1 is 1.23 bits per heavy atom. The van der Waals surface area contributed by atoms with Crippen LogP contribution in [0.3, 0.4) is 0 Å². The van der Waals surface area contributed by atoms with Gasteiger partial charge in [0, 0.05) is 18.9 Å². The first kappa shape index (κ1) is 16.0. The van der Waals surface area contributed by atoms with E-state index in [4.69, 9.17) is 4.74 Å². The maximum atomic E-state index is 12.2. The molecule has 1 amide bonds. The number of pyridine rings is 1. The van der Waals surface area contributed by atoms with E-state index < -0.39 is 6.10 Å². The van der Waals surface area contributed by atoms with Crippen LogP contribution in [0, 0.1) is 20.8 Å². The number of nitrogens with zero attached hydrogens (tertiary/aromatic N) is 1. The lowest BCUT2D eigenvalue weighted by Crippen LogP contribution is -2.36. The molecule has 2 aromatic rings. The number of carbonyl (C=O) groups is 1. The number of carbonyl (C=O) groups excluding carboxylic acids is 1. The molecule has 1 aromatic carbocycles. The van der Waals surface area contributed by atoms with Crippen molar-refractivity contribution in [3.8, 4) is 5.75 Å². The van der Waals surface area contributed by atoms with Crippen molar-refractivity contribution >= 4 is 5.91 Å². The smallest absolute Gasteiger partial charge is 0.261 e. The predicted octanol–water partition coefficient (Wildman–Crippen LogP) is 3.09. The Morgan fingerprint density at radius 2 is 1.91 bits per heavy atom. The van der Waals surface area contributed by atoms with Crippen LogP contribution in [0.5, 0.6) is 5.75 Å². The summed E-state index contributed by atoms with van der Waals surface area (Å²) in [5.74, 6) is 0.638. The van der Waals surface area contributed by atoms with Gasteiger partial charge in [-0.05, 0) is 68.1 Å². The minimum absolute atomic E-state index is 0.129. The van der Waals surface area contributed by atoms with Crippen LogP contribution in [0.1, 0.15) is 29.2 Å². The van der Waals surface area contributed by atoms with Crippen LogP contribution in [0.15, 0.2) is 36.7 Å². The van der Waals surface area contributed by atoms with E-state index in [-0.39, 0.29) is 5.91 Å². The van der Waals surface area contributed by atoms with Gasteiger partial charge < -0.3 is 10.1 Å². The zero-order chi connectivity index (χ0) is 16.1. The molecule has 0 aliphatic rings. The Morgan fingerprint density at radius 3 is 2.59 bits per heavy atom. The maximum absolute atomic E-state index is 12.2. The number of nitrogens with one attached hydrogen (secondary N) is 1. The van der Waals surface area contributed by atoms with Gasteiger partial charge in [0.25, 0.3) is 5.91 Å². The van der Waals surface area contributed by atoms with Gasteiger partial charge in [0.1, 0.15) is 5.75 Å². The largest absolute Gasteiger partial charge is 0.481 e. The van der Waals surface area contributed by atoms with E-state index in [1.54, 1.807) is 19.3 Å². The van der Waals surface area contributed by atoms with Crippen molar-refractivity contribution in [2.45, 2.75) is 40.3 Å². The minimum atomic E-state index is -0.540. The van der Waals surface area contributed by atoms with Gasteiger partial charge in [-0.2, -0.15) is 0 Å². The number of aromatic nitrogens is 1. The highest BCUT2D eigenvalue weighted by Gasteiger charge is 2.16. The lowest BCUT2D eigenvalue weighted by Gasteiger charge is -2.18. The van der Waals surface area contributed by atoms with E-state index in [9.17, 15) is 4.79 Å². The van der Waals surface area contributed by atoms with E-state index in [1.807, 2.05) is 39.0 Å². The maximum Gasteiger partial charge on any atom is 0.261 e. The molecular formula is C18H22N2O2. The van der Waals surface area contributed by atoms with E-state index in [1.165, 1.54) is 5.56 Å². The second-order valence-electron chi connectivity index (χ2n) is 5.54.